The molecule has 47 valence electrons. The molecular weight excluding hydrogens is 108 g/mol. The third-order valence-corrected chi connectivity index (χ3v) is 1.46. The molecule has 1 aliphatic rings. The third kappa shape index (κ3) is 0.727. The summed E-state index contributed by atoms with van der Waals surface area (Å²) in [4.78, 5) is 0. The van der Waals surface area contributed by atoms with Crippen LogP contribution < -0.4 is 0 Å². The Labute approximate surface area is 47.9 Å². The quantitative estimate of drug-likeness (QED) is 0.526. The highest BCUT2D eigenvalue weighted by Crippen LogP contribution is 2.25. The van der Waals surface area contributed by atoms with Crippen LogP contribution in [0.5, 0.6) is 0 Å². The highest BCUT2D eigenvalue weighted by atomic mass is 16.5. The van der Waals surface area contributed by atoms with Gasteiger partial charge < -0.3 is 9.84 Å². The van der Waals surface area contributed by atoms with Gasteiger partial charge in [-0.1, -0.05) is 0 Å². The molecule has 0 aromatic heterocycles. The molecule has 0 aromatic rings. The Kier molecular flexibility index (Phi) is 1.51. The van der Waals surface area contributed by atoms with Gasteiger partial charge in [0.15, 0.2) is 0 Å². The number of hydrogen-bond acceptors (Lipinski definition) is 2. The Morgan fingerprint density at radius 2 is 2.25 bits per heavy atom. The average Bonchev–Trinajstić information content (AvgIpc) is 1.67. The first kappa shape index (κ1) is 6.01. The van der Waals surface area contributed by atoms with Crippen molar-refractivity contribution in [3.05, 3.63) is 0 Å². The summed E-state index contributed by atoms with van der Waals surface area (Å²) in [5.41, 5.74) is -0.417. The number of hydrogen-bond donors (Lipinski definition) is 1. The zero-order chi connectivity index (χ0) is 6.04. The summed E-state index contributed by atoms with van der Waals surface area (Å²) in [6.45, 7) is 0.625. The van der Waals surface area contributed by atoms with Gasteiger partial charge in [-0.2, -0.15) is 0 Å². The highest BCUT2D eigenvalue weighted by Gasteiger charge is 2.37. The molecular formula is C5H9O3. The minimum absolute atomic E-state index is 0.0312. The maximum atomic E-state index is 10.2. The Balaban J connectivity index is 2.33. The van der Waals surface area contributed by atoms with E-state index in [4.69, 9.17) is 9.84 Å². The molecule has 0 aliphatic carbocycles. The van der Waals surface area contributed by atoms with E-state index in [0.29, 0.717) is 13.2 Å². The van der Waals surface area contributed by atoms with Gasteiger partial charge >= 0.3 is 0 Å². The fraction of sp³-hybridized carbons (Fsp3) is 1.00. The molecule has 0 unspecified atom stereocenters. The van der Waals surface area contributed by atoms with E-state index in [0.717, 1.165) is 0 Å². The van der Waals surface area contributed by atoms with Gasteiger partial charge in [0.2, 0.25) is 0 Å². The lowest BCUT2D eigenvalue weighted by Crippen LogP contribution is -2.48. The molecule has 1 radical (unpaired) electrons. The molecule has 3 heteroatoms. The maximum Gasteiger partial charge on any atom is 0.0945 e. The summed E-state index contributed by atoms with van der Waals surface area (Å²) < 4.78 is 4.76. The Morgan fingerprint density at radius 3 is 2.25 bits per heavy atom. The summed E-state index contributed by atoms with van der Waals surface area (Å²) in [5, 5.41) is 18.8. The van der Waals surface area contributed by atoms with Gasteiger partial charge in [0, 0.05) is 0 Å². The summed E-state index contributed by atoms with van der Waals surface area (Å²) in [5.74, 6) is 0. The first-order chi connectivity index (χ1) is 3.83. The smallest absolute Gasteiger partial charge is 0.0945 e. The van der Waals surface area contributed by atoms with E-state index in [1.807, 2.05) is 0 Å². The van der Waals surface area contributed by atoms with Crippen LogP contribution in [0.15, 0.2) is 0 Å². The number of aliphatic hydroxyl groups is 1. The van der Waals surface area contributed by atoms with Crippen LogP contribution in [0.25, 0.3) is 0 Å². The largest absolute Gasteiger partial charge is 0.396 e. The van der Waals surface area contributed by atoms with Crippen molar-refractivity contribution in [1.82, 2.24) is 0 Å². The lowest BCUT2D eigenvalue weighted by atomic mass is 9.88. The fourth-order valence-corrected chi connectivity index (χ4v) is 0.611. The monoisotopic (exact) mass is 117 g/mol. The molecule has 1 aliphatic heterocycles. The summed E-state index contributed by atoms with van der Waals surface area (Å²) in [6.07, 6.45) is 0. The van der Waals surface area contributed by atoms with Crippen LogP contribution in [0.3, 0.4) is 0 Å². The van der Waals surface area contributed by atoms with Crippen molar-refractivity contribution in [3.8, 4) is 0 Å². The van der Waals surface area contributed by atoms with Crippen molar-refractivity contribution < 1.29 is 14.9 Å². The molecule has 1 fully saturated rings. The lowest BCUT2D eigenvalue weighted by Gasteiger charge is -2.37. The van der Waals surface area contributed by atoms with Crippen molar-refractivity contribution in [2.24, 2.45) is 5.41 Å². The molecule has 0 bridgehead atoms. The Morgan fingerprint density at radius 1 is 1.62 bits per heavy atom. The van der Waals surface area contributed by atoms with Crippen molar-refractivity contribution >= 4 is 0 Å². The normalized spacial score (nSPS) is 24.8. The van der Waals surface area contributed by atoms with Crippen molar-refractivity contribution in [2.45, 2.75) is 0 Å². The van der Waals surface area contributed by atoms with E-state index in [9.17, 15) is 5.11 Å². The van der Waals surface area contributed by atoms with Crippen LogP contribution >= 0.6 is 0 Å². The van der Waals surface area contributed by atoms with E-state index >= 15 is 0 Å². The molecule has 0 saturated carbocycles. The van der Waals surface area contributed by atoms with Gasteiger partial charge in [-0.3, -0.25) is 0 Å². The molecule has 1 saturated heterocycles. The minimum Gasteiger partial charge on any atom is -0.396 e. The van der Waals surface area contributed by atoms with Crippen LogP contribution in [0.4, 0.5) is 0 Å². The second-order valence-electron chi connectivity index (χ2n) is 2.30. The first-order valence-electron chi connectivity index (χ1n) is 2.60. The Bertz CT molecular complexity index is 64.2. The van der Waals surface area contributed by atoms with E-state index in [-0.39, 0.29) is 13.2 Å². The number of ether oxygens (including phenoxy) is 1. The fourth-order valence-electron chi connectivity index (χ4n) is 0.611. The third-order valence-electron chi connectivity index (χ3n) is 1.46. The lowest BCUT2D eigenvalue weighted by molar-refractivity contribution is -0.167. The molecule has 1 N–H and O–H groups in total. The average molecular weight is 117 g/mol. The first-order valence-corrected chi connectivity index (χ1v) is 2.60. The predicted molar refractivity (Wildman–Crippen MR) is 25.9 cm³/mol. The standard InChI is InChI=1S/C5H9O3/c6-1-5(2-7)3-8-4-5/h6H,1-4H2. The SMILES string of the molecule is [O]CC1(CO)COC1. The van der Waals surface area contributed by atoms with Crippen LogP contribution in [-0.4, -0.2) is 31.5 Å². The topological polar surface area (TPSA) is 49.4 Å². The zero-order valence-corrected chi connectivity index (χ0v) is 4.59. The highest BCUT2D eigenvalue weighted by molar-refractivity contribution is 4.83. The summed E-state index contributed by atoms with van der Waals surface area (Å²) in [7, 11) is 0. The molecule has 3 nitrogen and oxygen atoms in total. The summed E-state index contributed by atoms with van der Waals surface area (Å²) >= 11 is 0. The molecule has 0 spiro atoms. The van der Waals surface area contributed by atoms with Crippen LogP contribution in [0.1, 0.15) is 0 Å². The molecule has 0 atom stereocenters. The van der Waals surface area contributed by atoms with Gasteiger partial charge in [-0.25, -0.2) is 5.11 Å². The van der Waals surface area contributed by atoms with Crippen molar-refractivity contribution in [3.63, 3.8) is 0 Å². The zero-order valence-electron chi connectivity index (χ0n) is 4.59. The van der Waals surface area contributed by atoms with E-state index < -0.39 is 5.41 Å². The van der Waals surface area contributed by atoms with Gasteiger partial charge in [-0.05, 0) is 0 Å². The van der Waals surface area contributed by atoms with Gasteiger partial charge in [0.1, 0.15) is 0 Å². The number of aliphatic hydroxyl groups excluding tert-OH is 1. The van der Waals surface area contributed by atoms with E-state index in [1.54, 1.807) is 0 Å². The Hall–Kier alpha value is -0.120. The second-order valence-corrected chi connectivity index (χ2v) is 2.30. The van der Waals surface area contributed by atoms with Crippen LogP contribution in [-0.2, 0) is 9.84 Å². The van der Waals surface area contributed by atoms with Crippen LogP contribution in [0, 0.1) is 5.41 Å². The van der Waals surface area contributed by atoms with Crippen molar-refractivity contribution in [1.29, 1.82) is 0 Å². The van der Waals surface area contributed by atoms with Gasteiger partial charge in [-0.15, -0.1) is 0 Å². The molecule has 1 rings (SSSR count). The molecule has 0 amide bonds. The number of rotatable bonds is 2. The molecule has 0 aromatic carbocycles. The molecule has 8 heavy (non-hydrogen) atoms. The van der Waals surface area contributed by atoms with Crippen LogP contribution in [0.2, 0.25) is 0 Å². The van der Waals surface area contributed by atoms with Gasteiger partial charge in [0.05, 0.1) is 31.8 Å². The van der Waals surface area contributed by atoms with Gasteiger partial charge in [0.25, 0.3) is 0 Å². The second kappa shape index (κ2) is 2.01. The predicted octanol–water partition coefficient (Wildman–Crippen LogP) is -0.574. The van der Waals surface area contributed by atoms with Crippen molar-refractivity contribution in [2.75, 3.05) is 26.4 Å². The molecule has 1 heterocycles. The summed E-state index contributed by atoms with van der Waals surface area (Å²) in [6, 6.07) is 0. The van der Waals surface area contributed by atoms with E-state index in [2.05, 4.69) is 0 Å². The minimum atomic E-state index is -0.417. The van der Waals surface area contributed by atoms with E-state index in [1.165, 1.54) is 0 Å². The maximum absolute atomic E-state index is 10.2.